The maximum Gasteiger partial charge on any atom is 0.270 e. The van der Waals surface area contributed by atoms with Gasteiger partial charge in [0.2, 0.25) is 5.95 Å². The third kappa shape index (κ3) is 4.78. The summed E-state index contributed by atoms with van der Waals surface area (Å²) in [6, 6.07) is 14.8. The number of ether oxygens (including phenoxy) is 1. The van der Waals surface area contributed by atoms with Gasteiger partial charge in [0.15, 0.2) is 0 Å². The fourth-order valence-electron chi connectivity index (χ4n) is 2.72. The van der Waals surface area contributed by atoms with Crippen LogP contribution in [-0.2, 0) is 6.42 Å². The molecule has 0 saturated carbocycles. The highest BCUT2D eigenvalue weighted by Crippen LogP contribution is 2.24. The van der Waals surface area contributed by atoms with E-state index in [0.29, 0.717) is 23.9 Å². The van der Waals surface area contributed by atoms with Crippen molar-refractivity contribution < 1.29 is 9.53 Å². The van der Waals surface area contributed by atoms with Crippen molar-refractivity contribution in [1.29, 1.82) is 0 Å². The highest BCUT2D eigenvalue weighted by molar-refractivity contribution is 6.31. The van der Waals surface area contributed by atoms with Gasteiger partial charge in [0.25, 0.3) is 5.91 Å². The first-order valence-electron chi connectivity index (χ1n) is 8.83. The summed E-state index contributed by atoms with van der Waals surface area (Å²) in [4.78, 5) is 20.9. The van der Waals surface area contributed by atoms with Crippen LogP contribution in [0, 0.1) is 6.92 Å². The minimum atomic E-state index is -0.261. The summed E-state index contributed by atoms with van der Waals surface area (Å²) in [6.45, 7) is 2.37. The molecule has 3 rings (SSSR count). The second-order valence-corrected chi connectivity index (χ2v) is 6.53. The largest absolute Gasteiger partial charge is 0.496 e. The van der Waals surface area contributed by atoms with Crippen molar-refractivity contribution in [3.05, 3.63) is 76.6 Å². The number of nitrogens with one attached hydrogen (secondary N) is 2. The third-order valence-electron chi connectivity index (χ3n) is 4.27. The Hall–Kier alpha value is -3.12. The van der Waals surface area contributed by atoms with E-state index in [2.05, 4.69) is 20.6 Å². The SMILES string of the molecule is COc1ccccc1CCNC(=O)c1ccnc(Nc2cccc(Cl)c2C)n1. The number of rotatable bonds is 7. The maximum atomic E-state index is 12.4. The zero-order valence-corrected chi connectivity index (χ0v) is 16.5. The van der Waals surface area contributed by atoms with Crippen LogP contribution >= 0.6 is 11.6 Å². The van der Waals surface area contributed by atoms with Crippen molar-refractivity contribution >= 4 is 29.1 Å². The molecule has 3 aromatic rings. The number of halogens is 1. The van der Waals surface area contributed by atoms with E-state index in [-0.39, 0.29) is 11.6 Å². The molecular formula is C21H21ClN4O2. The molecule has 0 aliphatic heterocycles. The van der Waals surface area contributed by atoms with Gasteiger partial charge in [-0.05, 0) is 48.7 Å². The van der Waals surface area contributed by atoms with Gasteiger partial charge >= 0.3 is 0 Å². The van der Waals surface area contributed by atoms with E-state index in [1.165, 1.54) is 0 Å². The number of anilines is 2. The van der Waals surface area contributed by atoms with Crippen molar-refractivity contribution in [3.63, 3.8) is 0 Å². The lowest BCUT2D eigenvalue weighted by atomic mass is 10.1. The van der Waals surface area contributed by atoms with Crippen LogP contribution in [0.4, 0.5) is 11.6 Å². The average Bonchev–Trinajstić information content (AvgIpc) is 2.72. The predicted octanol–water partition coefficient (Wildman–Crippen LogP) is 4.16. The number of para-hydroxylation sites is 1. The second kappa shape index (κ2) is 9.19. The Morgan fingerprint density at radius 1 is 1.14 bits per heavy atom. The molecule has 1 heterocycles. The molecule has 28 heavy (non-hydrogen) atoms. The van der Waals surface area contributed by atoms with Gasteiger partial charge in [-0.15, -0.1) is 0 Å². The average molecular weight is 397 g/mol. The van der Waals surface area contributed by atoms with Crippen molar-refractivity contribution in [2.75, 3.05) is 19.0 Å². The molecule has 0 atom stereocenters. The molecule has 0 fully saturated rings. The number of hydrogen-bond acceptors (Lipinski definition) is 5. The molecule has 6 nitrogen and oxygen atoms in total. The first-order chi connectivity index (χ1) is 13.6. The van der Waals surface area contributed by atoms with E-state index in [1.807, 2.05) is 49.4 Å². The summed E-state index contributed by atoms with van der Waals surface area (Å²) in [7, 11) is 1.63. The van der Waals surface area contributed by atoms with Crippen LogP contribution in [0.1, 0.15) is 21.6 Å². The summed E-state index contributed by atoms with van der Waals surface area (Å²) in [5.74, 6) is 0.882. The summed E-state index contributed by atoms with van der Waals surface area (Å²) in [6.07, 6.45) is 2.21. The van der Waals surface area contributed by atoms with Crippen LogP contribution in [0.25, 0.3) is 0 Å². The minimum Gasteiger partial charge on any atom is -0.496 e. The van der Waals surface area contributed by atoms with Crippen molar-refractivity contribution in [2.24, 2.45) is 0 Å². The summed E-state index contributed by atoms with van der Waals surface area (Å²) in [5, 5.41) is 6.63. The lowest BCUT2D eigenvalue weighted by Gasteiger charge is -2.11. The second-order valence-electron chi connectivity index (χ2n) is 6.12. The Bertz CT molecular complexity index is 978. The predicted molar refractivity (Wildman–Crippen MR) is 111 cm³/mol. The molecule has 0 spiro atoms. The number of nitrogens with zero attached hydrogens (tertiary/aromatic N) is 2. The van der Waals surface area contributed by atoms with E-state index >= 15 is 0 Å². The molecule has 0 bridgehead atoms. The maximum absolute atomic E-state index is 12.4. The number of aromatic nitrogens is 2. The quantitative estimate of drug-likeness (QED) is 0.627. The van der Waals surface area contributed by atoms with Crippen LogP contribution in [0.15, 0.2) is 54.7 Å². The molecule has 2 N–H and O–H groups in total. The van der Waals surface area contributed by atoms with E-state index in [0.717, 1.165) is 22.6 Å². The Labute approximate surface area is 168 Å². The smallest absolute Gasteiger partial charge is 0.270 e. The van der Waals surface area contributed by atoms with E-state index in [9.17, 15) is 4.79 Å². The molecule has 7 heteroatoms. The van der Waals surface area contributed by atoms with Gasteiger partial charge in [-0.3, -0.25) is 4.79 Å². The van der Waals surface area contributed by atoms with Gasteiger partial charge in [-0.2, -0.15) is 0 Å². The Morgan fingerprint density at radius 3 is 2.79 bits per heavy atom. The Kier molecular flexibility index (Phi) is 6.45. The lowest BCUT2D eigenvalue weighted by molar-refractivity contribution is 0.0949. The number of amides is 1. The van der Waals surface area contributed by atoms with Gasteiger partial charge < -0.3 is 15.4 Å². The van der Waals surface area contributed by atoms with Crippen molar-refractivity contribution in [3.8, 4) is 5.75 Å². The summed E-state index contributed by atoms with van der Waals surface area (Å²) < 4.78 is 5.33. The monoisotopic (exact) mass is 396 g/mol. The van der Waals surface area contributed by atoms with E-state index in [1.54, 1.807) is 19.4 Å². The van der Waals surface area contributed by atoms with Crippen LogP contribution < -0.4 is 15.4 Å². The van der Waals surface area contributed by atoms with Gasteiger partial charge in [0.1, 0.15) is 11.4 Å². The number of carbonyl (C=O) groups is 1. The summed E-state index contributed by atoms with van der Waals surface area (Å²) in [5.41, 5.74) is 3.00. The summed E-state index contributed by atoms with van der Waals surface area (Å²) >= 11 is 6.14. The zero-order valence-electron chi connectivity index (χ0n) is 15.7. The molecule has 0 aliphatic carbocycles. The van der Waals surface area contributed by atoms with Gasteiger partial charge in [-0.1, -0.05) is 35.9 Å². The highest BCUT2D eigenvalue weighted by atomic mass is 35.5. The van der Waals surface area contributed by atoms with Gasteiger partial charge in [0.05, 0.1) is 7.11 Å². The van der Waals surface area contributed by atoms with Crippen molar-refractivity contribution in [2.45, 2.75) is 13.3 Å². The standard InChI is InChI=1S/C21H21ClN4O2/c1-14-16(22)7-5-8-17(14)25-21-24-13-11-18(26-21)20(27)23-12-10-15-6-3-4-9-19(15)28-2/h3-9,11,13H,10,12H2,1-2H3,(H,23,27)(H,24,25,26). The van der Waals surface area contributed by atoms with Crippen LogP contribution in [-0.4, -0.2) is 29.5 Å². The fourth-order valence-corrected chi connectivity index (χ4v) is 2.89. The molecule has 1 aromatic heterocycles. The van der Waals surface area contributed by atoms with Crippen LogP contribution in [0.3, 0.4) is 0 Å². The fraction of sp³-hybridized carbons (Fsp3) is 0.190. The van der Waals surface area contributed by atoms with Crippen LogP contribution in [0.2, 0.25) is 5.02 Å². The highest BCUT2D eigenvalue weighted by Gasteiger charge is 2.10. The Balaban J connectivity index is 1.63. The number of hydrogen-bond donors (Lipinski definition) is 2. The molecule has 0 unspecified atom stereocenters. The molecule has 0 aliphatic rings. The normalized spacial score (nSPS) is 10.4. The van der Waals surface area contributed by atoms with E-state index < -0.39 is 0 Å². The molecule has 144 valence electrons. The van der Waals surface area contributed by atoms with E-state index in [4.69, 9.17) is 16.3 Å². The first-order valence-corrected chi connectivity index (χ1v) is 9.21. The molecule has 2 aromatic carbocycles. The lowest BCUT2D eigenvalue weighted by Crippen LogP contribution is -2.27. The van der Waals surface area contributed by atoms with Gasteiger partial charge in [0, 0.05) is 23.5 Å². The topological polar surface area (TPSA) is 76.1 Å². The zero-order chi connectivity index (χ0) is 19.9. The minimum absolute atomic E-state index is 0.261. The molecule has 0 radical (unpaired) electrons. The van der Waals surface area contributed by atoms with Crippen molar-refractivity contribution in [1.82, 2.24) is 15.3 Å². The molecule has 1 amide bonds. The molecule has 0 saturated heterocycles. The number of methoxy groups -OCH3 is 1. The number of benzene rings is 2. The molecular weight excluding hydrogens is 376 g/mol. The first kappa shape index (κ1) is 19.6. The van der Waals surface area contributed by atoms with Gasteiger partial charge in [-0.25, -0.2) is 9.97 Å². The van der Waals surface area contributed by atoms with Crippen LogP contribution in [0.5, 0.6) is 5.75 Å². The third-order valence-corrected chi connectivity index (χ3v) is 4.68. The Morgan fingerprint density at radius 2 is 1.96 bits per heavy atom. The number of carbonyl (C=O) groups excluding carboxylic acids is 1.